The molecular formula is C13H15N5. The number of hydrogen-bond donors (Lipinski definition) is 1. The van der Waals surface area contributed by atoms with Gasteiger partial charge in [0.25, 0.3) is 0 Å². The summed E-state index contributed by atoms with van der Waals surface area (Å²) in [5.41, 5.74) is 2.90. The van der Waals surface area contributed by atoms with E-state index in [1.54, 1.807) is 18.6 Å². The fourth-order valence-electron chi connectivity index (χ4n) is 2.25. The number of fused-ring (bicyclic) bond motifs is 1. The van der Waals surface area contributed by atoms with Crippen LogP contribution in [0, 0.1) is 6.92 Å². The van der Waals surface area contributed by atoms with Crippen molar-refractivity contribution in [2.75, 3.05) is 11.9 Å². The lowest BCUT2D eigenvalue weighted by Gasteiger charge is -2.11. The molecule has 0 aromatic carbocycles. The van der Waals surface area contributed by atoms with E-state index in [0.717, 1.165) is 48.8 Å². The molecule has 1 N–H and O–H groups in total. The molecule has 3 rings (SSSR count). The molecule has 0 saturated heterocycles. The summed E-state index contributed by atoms with van der Waals surface area (Å²) in [5, 5.41) is 3.38. The van der Waals surface area contributed by atoms with Crippen LogP contribution < -0.4 is 5.32 Å². The van der Waals surface area contributed by atoms with E-state index in [1.807, 2.05) is 6.92 Å². The van der Waals surface area contributed by atoms with E-state index < -0.39 is 0 Å². The Hall–Kier alpha value is -2.04. The standard InChI is InChI=1S/C13H15N5/c1-9-17-12(11-8-14-6-7-15-11)10-4-2-3-5-16-13(10)18-9/h6-8H,2-5H2,1H3,(H,16,17,18). The lowest BCUT2D eigenvalue weighted by molar-refractivity contribution is 0.784. The first kappa shape index (κ1) is 11.1. The molecule has 1 aliphatic heterocycles. The predicted octanol–water partition coefficient (Wildman–Crippen LogP) is 1.99. The number of hydrogen-bond acceptors (Lipinski definition) is 5. The quantitative estimate of drug-likeness (QED) is 0.827. The summed E-state index contributed by atoms with van der Waals surface area (Å²) in [6, 6.07) is 0. The van der Waals surface area contributed by atoms with Crippen LogP contribution in [0.25, 0.3) is 11.4 Å². The van der Waals surface area contributed by atoms with Gasteiger partial charge in [-0.05, 0) is 26.2 Å². The van der Waals surface area contributed by atoms with Crippen molar-refractivity contribution >= 4 is 5.82 Å². The third-order valence-corrected chi connectivity index (χ3v) is 3.07. The van der Waals surface area contributed by atoms with Crippen LogP contribution in [0.4, 0.5) is 5.82 Å². The SMILES string of the molecule is Cc1nc2c(c(-c3cnccn3)n1)CCCCN2. The fourth-order valence-corrected chi connectivity index (χ4v) is 2.25. The van der Waals surface area contributed by atoms with Crippen molar-refractivity contribution in [3.05, 3.63) is 30.0 Å². The molecule has 0 radical (unpaired) electrons. The van der Waals surface area contributed by atoms with Crippen molar-refractivity contribution in [2.24, 2.45) is 0 Å². The van der Waals surface area contributed by atoms with E-state index in [0.29, 0.717) is 0 Å². The van der Waals surface area contributed by atoms with Crippen molar-refractivity contribution in [1.82, 2.24) is 19.9 Å². The Balaban J connectivity index is 2.17. The molecule has 5 nitrogen and oxygen atoms in total. The molecule has 3 heterocycles. The number of rotatable bonds is 1. The zero-order valence-electron chi connectivity index (χ0n) is 10.3. The average molecular weight is 241 g/mol. The van der Waals surface area contributed by atoms with Gasteiger partial charge in [0.2, 0.25) is 0 Å². The Morgan fingerprint density at radius 1 is 1.17 bits per heavy atom. The number of aryl methyl sites for hydroxylation is 1. The van der Waals surface area contributed by atoms with Crippen LogP contribution in [0.1, 0.15) is 24.2 Å². The highest BCUT2D eigenvalue weighted by Crippen LogP contribution is 2.28. The molecule has 1 aliphatic rings. The van der Waals surface area contributed by atoms with Gasteiger partial charge in [0.15, 0.2) is 0 Å². The maximum Gasteiger partial charge on any atom is 0.133 e. The molecule has 0 unspecified atom stereocenters. The highest BCUT2D eigenvalue weighted by atomic mass is 15.0. The molecule has 5 heteroatoms. The van der Waals surface area contributed by atoms with Crippen LogP contribution in [0.15, 0.2) is 18.6 Å². The Morgan fingerprint density at radius 3 is 2.94 bits per heavy atom. The highest BCUT2D eigenvalue weighted by molar-refractivity contribution is 5.65. The van der Waals surface area contributed by atoms with Crippen molar-refractivity contribution in [1.29, 1.82) is 0 Å². The molecule has 0 spiro atoms. The second kappa shape index (κ2) is 4.68. The number of nitrogens with zero attached hydrogens (tertiary/aromatic N) is 4. The van der Waals surface area contributed by atoms with E-state index in [2.05, 4.69) is 25.3 Å². The van der Waals surface area contributed by atoms with E-state index in [4.69, 9.17) is 0 Å². The van der Waals surface area contributed by atoms with Gasteiger partial charge in [-0.25, -0.2) is 9.97 Å². The molecule has 2 aromatic rings. The topological polar surface area (TPSA) is 63.6 Å². The number of anilines is 1. The van der Waals surface area contributed by atoms with Gasteiger partial charge in [-0.15, -0.1) is 0 Å². The van der Waals surface area contributed by atoms with Crippen LogP contribution in [0.3, 0.4) is 0 Å². The minimum Gasteiger partial charge on any atom is -0.370 e. The lowest BCUT2D eigenvalue weighted by atomic mass is 10.1. The Kier molecular flexibility index (Phi) is 2.88. The van der Waals surface area contributed by atoms with Gasteiger partial charge in [0.1, 0.15) is 17.3 Å². The molecule has 0 bridgehead atoms. The zero-order valence-corrected chi connectivity index (χ0v) is 10.3. The normalized spacial score (nSPS) is 14.5. The van der Waals surface area contributed by atoms with E-state index in [1.165, 1.54) is 5.56 Å². The van der Waals surface area contributed by atoms with E-state index >= 15 is 0 Å². The predicted molar refractivity (Wildman–Crippen MR) is 69.2 cm³/mol. The van der Waals surface area contributed by atoms with Gasteiger partial charge in [-0.2, -0.15) is 0 Å². The first-order chi connectivity index (χ1) is 8.84. The molecule has 0 saturated carbocycles. The minimum atomic E-state index is 0.767. The average Bonchev–Trinajstić information content (AvgIpc) is 2.64. The van der Waals surface area contributed by atoms with Gasteiger partial charge < -0.3 is 5.32 Å². The number of aromatic nitrogens is 4. The fraction of sp³-hybridized carbons (Fsp3) is 0.385. The van der Waals surface area contributed by atoms with Crippen molar-refractivity contribution in [2.45, 2.75) is 26.2 Å². The maximum absolute atomic E-state index is 4.54. The summed E-state index contributed by atoms with van der Waals surface area (Å²) in [4.78, 5) is 17.5. The third-order valence-electron chi connectivity index (χ3n) is 3.07. The molecule has 92 valence electrons. The summed E-state index contributed by atoms with van der Waals surface area (Å²) in [5.74, 6) is 1.73. The van der Waals surface area contributed by atoms with Gasteiger partial charge in [-0.3, -0.25) is 9.97 Å². The zero-order chi connectivity index (χ0) is 12.4. The second-order valence-electron chi connectivity index (χ2n) is 4.42. The smallest absolute Gasteiger partial charge is 0.133 e. The van der Waals surface area contributed by atoms with Crippen LogP contribution in [0.2, 0.25) is 0 Å². The van der Waals surface area contributed by atoms with Crippen LogP contribution in [0.5, 0.6) is 0 Å². The van der Waals surface area contributed by atoms with Crippen molar-refractivity contribution in [3.63, 3.8) is 0 Å². The van der Waals surface area contributed by atoms with Gasteiger partial charge in [-0.1, -0.05) is 0 Å². The lowest BCUT2D eigenvalue weighted by Crippen LogP contribution is -2.06. The highest BCUT2D eigenvalue weighted by Gasteiger charge is 2.17. The molecule has 2 aromatic heterocycles. The summed E-state index contributed by atoms with van der Waals surface area (Å²) in [6.45, 7) is 2.89. The molecule has 0 atom stereocenters. The van der Waals surface area contributed by atoms with Crippen molar-refractivity contribution < 1.29 is 0 Å². The molecular weight excluding hydrogens is 226 g/mol. The molecule has 0 aliphatic carbocycles. The van der Waals surface area contributed by atoms with E-state index in [9.17, 15) is 0 Å². The van der Waals surface area contributed by atoms with Crippen LogP contribution in [-0.4, -0.2) is 26.5 Å². The Morgan fingerprint density at radius 2 is 2.11 bits per heavy atom. The Labute approximate surface area is 106 Å². The van der Waals surface area contributed by atoms with Gasteiger partial charge >= 0.3 is 0 Å². The molecule has 0 amide bonds. The summed E-state index contributed by atoms with van der Waals surface area (Å²) >= 11 is 0. The second-order valence-corrected chi connectivity index (χ2v) is 4.42. The molecule has 0 fully saturated rings. The van der Waals surface area contributed by atoms with Crippen molar-refractivity contribution in [3.8, 4) is 11.4 Å². The largest absolute Gasteiger partial charge is 0.370 e. The third kappa shape index (κ3) is 2.03. The monoisotopic (exact) mass is 241 g/mol. The number of nitrogens with one attached hydrogen (secondary N) is 1. The van der Waals surface area contributed by atoms with Crippen LogP contribution >= 0.6 is 0 Å². The van der Waals surface area contributed by atoms with Gasteiger partial charge in [0, 0.05) is 24.5 Å². The minimum absolute atomic E-state index is 0.767. The van der Waals surface area contributed by atoms with Gasteiger partial charge in [0.05, 0.1) is 11.9 Å². The van der Waals surface area contributed by atoms with E-state index in [-0.39, 0.29) is 0 Å². The maximum atomic E-state index is 4.54. The first-order valence-electron chi connectivity index (χ1n) is 6.22. The molecule has 18 heavy (non-hydrogen) atoms. The first-order valence-corrected chi connectivity index (χ1v) is 6.22. The Bertz CT molecular complexity index is 553. The summed E-state index contributed by atoms with van der Waals surface area (Å²) in [7, 11) is 0. The summed E-state index contributed by atoms with van der Waals surface area (Å²) < 4.78 is 0. The summed E-state index contributed by atoms with van der Waals surface area (Å²) in [6.07, 6.45) is 8.44. The van der Waals surface area contributed by atoms with Crippen LogP contribution in [-0.2, 0) is 6.42 Å².